The van der Waals surface area contributed by atoms with E-state index < -0.39 is 23.2 Å². The second-order valence-corrected chi connectivity index (χ2v) is 7.98. The van der Waals surface area contributed by atoms with Crippen LogP contribution >= 0.6 is 0 Å². The third-order valence-corrected chi connectivity index (χ3v) is 7.19. The van der Waals surface area contributed by atoms with Crippen LogP contribution in [-0.4, -0.2) is 24.3 Å². The third kappa shape index (κ3) is 1.39. The highest BCUT2D eigenvalue weighted by atomic mass is 16.7. The van der Waals surface area contributed by atoms with E-state index in [1.165, 1.54) is 0 Å². The first-order valence-corrected chi connectivity index (χ1v) is 9.07. The van der Waals surface area contributed by atoms with Gasteiger partial charge < -0.3 is 18.6 Å². The number of rotatable bonds is 1. The zero-order valence-electron chi connectivity index (χ0n) is 14.1. The molecular formula is C20H18O6. The standard InChI is InChI=1S/C20H18O6/c1-10-7-15-20-12(16(21)25-15)3-2-4-14(20)19(10)8-13(11-5-6-23-9-11)24-18(19)26-17(20)22/h3,5-6,9,13-15,18H,1-2,4,7-8H2. The predicted octanol–water partition coefficient (Wildman–Crippen LogP) is 2.82. The van der Waals surface area contributed by atoms with Gasteiger partial charge >= 0.3 is 11.9 Å². The molecule has 2 aliphatic carbocycles. The molecule has 1 aromatic rings. The van der Waals surface area contributed by atoms with Gasteiger partial charge in [-0.15, -0.1) is 0 Å². The van der Waals surface area contributed by atoms with Crippen LogP contribution in [0.5, 0.6) is 0 Å². The van der Waals surface area contributed by atoms with Gasteiger partial charge in [0.15, 0.2) is 0 Å². The summed E-state index contributed by atoms with van der Waals surface area (Å²) in [5, 5.41) is 0. The van der Waals surface area contributed by atoms with Crippen molar-refractivity contribution in [2.45, 2.75) is 44.2 Å². The predicted molar refractivity (Wildman–Crippen MR) is 86.3 cm³/mol. The van der Waals surface area contributed by atoms with Gasteiger partial charge in [0, 0.05) is 12.0 Å². The molecule has 2 bridgehead atoms. The molecule has 1 saturated carbocycles. The van der Waals surface area contributed by atoms with Crippen molar-refractivity contribution in [3.8, 4) is 0 Å². The Kier molecular flexibility index (Phi) is 2.55. The minimum Gasteiger partial charge on any atom is -0.472 e. The van der Waals surface area contributed by atoms with Crippen molar-refractivity contribution < 1.29 is 28.2 Å². The van der Waals surface area contributed by atoms with Crippen LogP contribution in [0.15, 0.2) is 46.8 Å². The van der Waals surface area contributed by atoms with E-state index in [0.717, 1.165) is 24.0 Å². The number of hydrogen-bond acceptors (Lipinski definition) is 6. The molecule has 2 spiro atoms. The first kappa shape index (κ1) is 14.8. The monoisotopic (exact) mass is 354 g/mol. The lowest BCUT2D eigenvalue weighted by Crippen LogP contribution is -2.66. The molecule has 134 valence electrons. The number of hydrogen-bond donors (Lipinski definition) is 0. The molecule has 26 heavy (non-hydrogen) atoms. The molecule has 3 aliphatic heterocycles. The Morgan fingerprint density at radius 3 is 2.92 bits per heavy atom. The molecular weight excluding hydrogens is 336 g/mol. The third-order valence-electron chi connectivity index (χ3n) is 7.19. The SMILES string of the molecule is C=C1CC2OC(=O)C3=CCCC4C15CC(c1ccoc1)OC5OC(=O)C324. The van der Waals surface area contributed by atoms with Crippen LogP contribution in [0.4, 0.5) is 0 Å². The van der Waals surface area contributed by atoms with Crippen molar-refractivity contribution >= 4 is 11.9 Å². The van der Waals surface area contributed by atoms with Gasteiger partial charge in [0.05, 0.1) is 29.6 Å². The van der Waals surface area contributed by atoms with Crippen LogP contribution in [-0.2, 0) is 23.8 Å². The van der Waals surface area contributed by atoms with Gasteiger partial charge in [-0.05, 0) is 31.2 Å². The lowest BCUT2D eigenvalue weighted by Gasteiger charge is -2.58. The number of esters is 2. The van der Waals surface area contributed by atoms with Crippen molar-refractivity contribution in [3.63, 3.8) is 0 Å². The Bertz CT molecular complexity index is 882. The summed E-state index contributed by atoms with van der Waals surface area (Å²) in [6.45, 7) is 4.33. The summed E-state index contributed by atoms with van der Waals surface area (Å²) in [5.41, 5.74) is 0.893. The highest BCUT2D eigenvalue weighted by molar-refractivity contribution is 6.03. The summed E-state index contributed by atoms with van der Waals surface area (Å²) in [4.78, 5) is 25.7. The van der Waals surface area contributed by atoms with E-state index in [0.29, 0.717) is 18.4 Å². The zero-order chi connectivity index (χ0) is 17.7. The van der Waals surface area contributed by atoms with Crippen LogP contribution in [0, 0.1) is 16.7 Å². The Balaban J connectivity index is 1.54. The molecule has 6 unspecified atom stereocenters. The number of carbonyl (C=O) groups excluding carboxylic acids is 2. The molecule has 4 fully saturated rings. The largest absolute Gasteiger partial charge is 0.472 e. The van der Waals surface area contributed by atoms with Crippen molar-refractivity contribution in [1.82, 2.24) is 0 Å². The molecule has 0 N–H and O–H groups in total. The molecule has 1 aromatic heterocycles. The number of furan rings is 1. The number of allylic oxidation sites excluding steroid dienone is 1. The molecule has 4 heterocycles. The average molecular weight is 354 g/mol. The Morgan fingerprint density at radius 1 is 1.23 bits per heavy atom. The lowest BCUT2D eigenvalue weighted by molar-refractivity contribution is -0.247. The van der Waals surface area contributed by atoms with Crippen molar-refractivity contribution in [3.05, 3.63) is 48.0 Å². The van der Waals surface area contributed by atoms with Crippen molar-refractivity contribution in [1.29, 1.82) is 0 Å². The second-order valence-electron chi connectivity index (χ2n) is 7.98. The molecule has 5 aliphatic rings. The molecule has 6 nitrogen and oxygen atoms in total. The highest BCUT2D eigenvalue weighted by Crippen LogP contribution is 2.72. The maximum Gasteiger partial charge on any atom is 0.335 e. The van der Waals surface area contributed by atoms with E-state index in [9.17, 15) is 9.59 Å². The molecule has 6 heteroatoms. The fourth-order valence-corrected chi connectivity index (χ4v) is 6.15. The van der Waals surface area contributed by atoms with E-state index in [1.54, 1.807) is 12.5 Å². The molecule has 0 aromatic carbocycles. The summed E-state index contributed by atoms with van der Waals surface area (Å²) in [6, 6.07) is 1.87. The van der Waals surface area contributed by atoms with Crippen LogP contribution in [0.3, 0.4) is 0 Å². The molecule has 6 atom stereocenters. The second kappa shape index (κ2) is 4.49. The quantitative estimate of drug-likeness (QED) is 0.570. The zero-order valence-corrected chi connectivity index (χ0v) is 14.1. The van der Waals surface area contributed by atoms with E-state index in [1.807, 2.05) is 12.1 Å². The maximum atomic E-state index is 13.2. The first-order valence-electron chi connectivity index (χ1n) is 9.07. The van der Waals surface area contributed by atoms with Gasteiger partial charge in [-0.1, -0.05) is 18.2 Å². The van der Waals surface area contributed by atoms with Crippen LogP contribution < -0.4 is 0 Å². The van der Waals surface area contributed by atoms with Crippen LogP contribution in [0.1, 0.15) is 37.4 Å². The van der Waals surface area contributed by atoms with Gasteiger partial charge in [-0.2, -0.15) is 0 Å². The summed E-state index contributed by atoms with van der Waals surface area (Å²) in [6.07, 6.45) is 6.43. The average Bonchev–Trinajstić information content (AvgIpc) is 3.32. The highest BCUT2D eigenvalue weighted by Gasteiger charge is 2.78. The minimum atomic E-state index is -0.998. The fraction of sp³-hybridized carbons (Fsp3) is 0.500. The Labute approximate surface area is 149 Å². The normalized spacial score (nSPS) is 45.5. The summed E-state index contributed by atoms with van der Waals surface area (Å²) >= 11 is 0. The topological polar surface area (TPSA) is 75.0 Å². The number of carbonyl (C=O) groups is 2. The molecule has 0 amide bonds. The maximum absolute atomic E-state index is 13.2. The Morgan fingerprint density at radius 2 is 2.12 bits per heavy atom. The molecule has 3 saturated heterocycles. The molecule has 0 radical (unpaired) electrons. The smallest absolute Gasteiger partial charge is 0.335 e. The minimum absolute atomic E-state index is 0.0872. The summed E-state index contributed by atoms with van der Waals surface area (Å²) in [7, 11) is 0. The van der Waals surface area contributed by atoms with E-state index in [4.69, 9.17) is 18.6 Å². The van der Waals surface area contributed by atoms with Crippen molar-refractivity contribution in [2.75, 3.05) is 0 Å². The van der Waals surface area contributed by atoms with Gasteiger partial charge in [0.25, 0.3) is 0 Å². The van der Waals surface area contributed by atoms with E-state index in [-0.39, 0.29) is 24.0 Å². The van der Waals surface area contributed by atoms with Crippen molar-refractivity contribution in [2.24, 2.45) is 16.7 Å². The first-order chi connectivity index (χ1) is 12.6. The fourth-order valence-electron chi connectivity index (χ4n) is 6.15. The lowest BCUT2D eigenvalue weighted by atomic mass is 9.45. The van der Waals surface area contributed by atoms with E-state index >= 15 is 0 Å². The number of ether oxygens (including phenoxy) is 3. The summed E-state index contributed by atoms with van der Waals surface area (Å²) < 4.78 is 22.8. The van der Waals surface area contributed by atoms with Gasteiger partial charge in [-0.3, -0.25) is 4.79 Å². The van der Waals surface area contributed by atoms with E-state index in [2.05, 4.69) is 6.58 Å². The van der Waals surface area contributed by atoms with Gasteiger partial charge in [0.2, 0.25) is 6.29 Å². The Hall–Kier alpha value is -2.34. The van der Waals surface area contributed by atoms with Crippen LogP contribution in [0.2, 0.25) is 0 Å². The van der Waals surface area contributed by atoms with Crippen LogP contribution in [0.25, 0.3) is 0 Å². The summed E-state index contributed by atoms with van der Waals surface area (Å²) in [5.74, 6) is -0.855. The molecule has 6 rings (SSSR count). The van der Waals surface area contributed by atoms with Gasteiger partial charge in [0.1, 0.15) is 11.5 Å². The van der Waals surface area contributed by atoms with Gasteiger partial charge in [-0.25, -0.2) is 4.79 Å².